The summed E-state index contributed by atoms with van der Waals surface area (Å²) in [6.07, 6.45) is 1.35. The van der Waals surface area contributed by atoms with Crippen LogP contribution in [0.1, 0.15) is 16.1 Å². The van der Waals surface area contributed by atoms with Crippen LogP contribution in [0.3, 0.4) is 0 Å². The number of rotatable bonds is 4. The molecule has 2 rings (SSSR count). The molecular formula is C11H8F2N2O3. The molecule has 0 radical (unpaired) electrons. The number of carboxylic acid groups (broad SMARTS) is 1. The second-order valence-electron chi connectivity index (χ2n) is 3.44. The Hall–Kier alpha value is -2.44. The molecule has 7 heteroatoms. The topological polar surface area (TPSA) is 75.4 Å². The average Bonchev–Trinajstić information content (AvgIpc) is 2.83. The average molecular weight is 254 g/mol. The minimum Gasteiger partial charge on any atom is -0.478 e. The lowest BCUT2D eigenvalue weighted by atomic mass is 10.2. The highest BCUT2D eigenvalue weighted by molar-refractivity contribution is 5.88. The molecule has 1 heterocycles. The van der Waals surface area contributed by atoms with Gasteiger partial charge >= 0.3 is 5.97 Å². The Bertz CT molecular complexity index is 570. The molecule has 0 atom stereocenters. The highest BCUT2D eigenvalue weighted by Gasteiger charge is 2.17. The van der Waals surface area contributed by atoms with Crippen molar-refractivity contribution < 1.29 is 23.2 Å². The van der Waals surface area contributed by atoms with Gasteiger partial charge in [0.05, 0.1) is 17.8 Å². The van der Waals surface area contributed by atoms with Crippen molar-refractivity contribution in [3.05, 3.63) is 47.4 Å². The van der Waals surface area contributed by atoms with Crippen molar-refractivity contribution in [3.8, 4) is 0 Å². The quantitative estimate of drug-likeness (QED) is 0.875. The first-order valence-electron chi connectivity index (χ1n) is 4.94. The number of anilines is 1. The molecule has 0 aliphatic carbocycles. The minimum atomic E-state index is -1.52. The van der Waals surface area contributed by atoms with Crippen molar-refractivity contribution in [1.82, 2.24) is 5.16 Å². The van der Waals surface area contributed by atoms with Gasteiger partial charge in [0.1, 0.15) is 12.0 Å². The Balaban J connectivity index is 2.19. The van der Waals surface area contributed by atoms with Crippen molar-refractivity contribution in [2.24, 2.45) is 0 Å². The van der Waals surface area contributed by atoms with Crippen molar-refractivity contribution >= 4 is 11.7 Å². The molecule has 0 aliphatic heterocycles. The van der Waals surface area contributed by atoms with Crippen LogP contribution in [0.2, 0.25) is 0 Å². The van der Waals surface area contributed by atoms with Gasteiger partial charge in [-0.3, -0.25) is 0 Å². The van der Waals surface area contributed by atoms with Gasteiger partial charge in [0.2, 0.25) is 0 Å². The van der Waals surface area contributed by atoms with E-state index in [9.17, 15) is 13.6 Å². The van der Waals surface area contributed by atoms with E-state index in [-0.39, 0.29) is 12.2 Å². The van der Waals surface area contributed by atoms with Gasteiger partial charge in [0.15, 0.2) is 11.6 Å². The molecule has 2 N–H and O–H groups in total. The molecule has 18 heavy (non-hydrogen) atoms. The van der Waals surface area contributed by atoms with E-state index in [0.717, 1.165) is 12.1 Å². The molecule has 0 aliphatic rings. The fraction of sp³-hybridized carbons (Fsp3) is 0.0909. The fourth-order valence-electron chi connectivity index (χ4n) is 1.37. The summed E-state index contributed by atoms with van der Waals surface area (Å²) in [7, 11) is 0. The molecule has 0 fully saturated rings. The van der Waals surface area contributed by atoms with E-state index >= 15 is 0 Å². The van der Waals surface area contributed by atoms with Gasteiger partial charge in [0.25, 0.3) is 0 Å². The Morgan fingerprint density at radius 2 is 2.11 bits per heavy atom. The molecule has 1 aromatic carbocycles. The third kappa shape index (κ3) is 2.29. The maximum Gasteiger partial charge on any atom is 0.338 e. The van der Waals surface area contributed by atoms with Crippen LogP contribution >= 0.6 is 0 Å². The van der Waals surface area contributed by atoms with Crippen LogP contribution in [0.25, 0.3) is 0 Å². The maximum absolute atomic E-state index is 13.5. The van der Waals surface area contributed by atoms with E-state index in [0.29, 0.717) is 5.69 Å². The summed E-state index contributed by atoms with van der Waals surface area (Å²) in [5, 5.41) is 14.8. The van der Waals surface area contributed by atoms with Gasteiger partial charge in [-0.15, -0.1) is 0 Å². The Morgan fingerprint density at radius 1 is 1.33 bits per heavy atom. The van der Waals surface area contributed by atoms with Crippen molar-refractivity contribution in [1.29, 1.82) is 0 Å². The second-order valence-corrected chi connectivity index (χ2v) is 3.44. The summed E-state index contributed by atoms with van der Waals surface area (Å²) >= 11 is 0. The largest absolute Gasteiger partial charge is 0.478 e. The monoisotopic (exact) mass is 254 g/mol. The third-order valence-electron chi connectivity index (χ3n) is 2.26. The van der Waals surface area contributed by atoms with Crippen molar-refractivity contribution in [3.63, 3.8) is 0 Å². The second kappa shape index (κ2) is 4.82. The fourth-order valence-corrected chi connectivity index (χ4v) is 1.37. The lowest BCUT2D eigenvalue weighted by molar-refractivity contribution is 0.0690. The number of halogens is 2. The number of aromatic nitrogens is 1. The smallest absolute Gasteiger partial charge is 0.338 e. The number of aromatic carboxylic acids is 1. The predicted molar refractivity (Wildman–Crippen MR) is 57.1 cm³/mol. The molecule has 0 bridgehead atoms. The summed E-state index contributed by atoms with van der Waals surface area (Å²) in [5.41, 5.74) is -0.336. The van der Waals surface area contributed by atoms with E-state index in [1.54, 1.807) is 6.07 Å². The first-order chi connectivity index (χ1) is 8.59. The van der Waals surface area contributed by atoms with E-state index < -0.39 is 23.2 Å². The Kier molecular flexibility index (Phi) is 3.22. The van der Waals surface area contributed by atoms with Crippen molar-refractivity contribution in [2.75, 3.05) is 5.32 Å². The molecule has 5 nitrogen and oxygen atoms in total. The molecule has 0 saturated carbocycles. The van der Waals surface area contributed by atoms with Gasteiger partial charge in [-0.2, -0.15) is 0 Å². The number of hydrogen-bond donors (Lipinski definition) is 2. The van der Waals surface area contributed by atoms with Crippen LogP contribution in [0.4, 0.5) is 14.5 Å². The van der Waals surface area contributed by atoms with E-state index in [4.69, 9.17) is 5.11 Å². The number of nitrogens with zero attached hydrogens (tertiary/aromatic N) is 1. The zero-order chi connectivity index (χ0) is 13.1. The summed E-state index contributed by atoms with van der Waals surface area (Å²) in [6.45, 7) is 0.138. The molecule has 0 saturated heterocycles. The Labute approximate surface area is 100 Å². The third-order valence-corrected chi connectivity index (χ3v) is 2.26. The van der Waals surface area contributed by atoms with Crippen LogP contribution in [0, 0.1) is 11.6 Å². The van der Waals surface area contributed by atoms with Crippen LogP contribution in [0.15, 0.2) is 29.0 Å². The highest BCUT2D eigenvalue weighted by atomic mass is 19.2. The molecular weight excluding hydrogens is 246 g/mol. The molecule has 2 aromatic rings. The summed E-state index contributed by atoms with van der Waals surface area (Å²) < 4.78 is 31.4. The standard InChI is InChI=1S/C11H8F2N2O3/c12-9-7(11(16)17)1-2-8(10(9)13)14-5-6-3-4-18-15-6/h1-4,14H,5H2,(H,16,17). The van der Waals surface area contributed by atoms with Gasteiger partial charge in [-0.25, -0.2) is 13.6 Å². The minimum absolute atomic E-state index is 0.138. The molecule has 0 unspecified atom stereocenters. The first kappa shape index (κ1) is 12.0. The van der Waals surface area contributed by atoms with E-state index in [1.165, 1.54) is 6.26 Å². The molecule has 94 valence electrons. The number of benzene rings is 1. The lowest BCUT2D eigenvalue weighted by Crippen LogP contribution is -2.07. The summed E-state index contributed by atoms with van der Waals surface area (Å²) in [6, 6.07) is 3.71. The van der Waals surface area contributed by atoms with Gasteiger partial charge in [-0.1, -0.05) is 5.16 Å². The molecule has 0 spiro atoms. The lowest BCUT2D eigenvalue weighted by Gasteiger charge is -2.07. The number of hydrogen-bond acceptors (Lipinski definition) is 4. The van der Waals surface area contributed by atoms with Crippen LogP contribution in [0.5, 0.6) is 0 Å². The van der Waals surface area contributed by atoms with Gasteiger partial charge in [-0.05, 0) is 12.1 Å². The Morgan fingerprint density at radius 3 is 2.72 bits per heavy atom. The SMILES string of the molecule is O=C(O)c1ccc(NCc2ccon2)c(F)c1F. The van der Waals surface area contributed by atoms with E-state index in [1.807, 2.05) is 0 Å². The summed E-state index contributed by atoms with van der Waals surface area (Å²) in [4.78, 5) is 10.6. The number of nitrogens with one attached hydrogen (secondary N) is 1. The summed E-state index contributed by atoms with van der Waals surface area (Å²) in [5.74, 6) is -4.15. The molecule has 0 amide bonds. The molecule has 1 aromatic heterocycles. The van der Waals surface area contributed by atoms with Crippen LogP contribution in [-0.4, -0.2) is 16.2 Å². The number of carboxylic acids is 1. The normalized spacial score (nSPS) is 10.3. The predicted octanol–water partition coefficient (Wildman–Crippen LogP) is 2.26. The van der Waals surface area contributed by atoms with Gasteiger partial charge in [0, 0.05) is 6.07 Å². The van der Waals surface area contributed by atoms with Crippen LogP contribution < -0.4 is 5.32 Å². The van der Waals surface area contributed by atoms with Gasteiger partial charge < -0.3 is 14.9 Å². The highest BCUT2D eigenvalue weighted by Crippen LogP contribution is 2.21. The van der Waals surface area contributed by atoms with Crippen LogP contribution in [-0.2, 0) is 6.54 Å². The first-order valence-corrected chi connectivity index (χ1v) is 4.94. The zero-order valence-corrected chi connectivity index (χ0v) is 8.98. The number of carbonyl (C=O) groups is 1. The van der Waals surface area contributed by atoms with Crippen molar-refractivity contribution in [2.45, 2.75) is 6.54 Å². The maximum atomic E-state index is 13.5. The zero-order valence-electron chi connectivity index (χ0n) is 8.98. The van der Waals surface area contributed by atoms with E-state index in [2.05, 4.69) is 15.0 Å².